The average molecular weight is 361 g/mol. The van der Waals surface area contributed by atoms with Crippen LogP contribution in [-0.2, 0) is 4.74 Å². The molecule has 6 heteroatoms. The number of rotatable bonds is 6. The largest absolute Gasteiger partial charge is 0.376 e. The lowest BCUT2D eigenvalue weighted by molar-refractivity contribution is 0.0994. The van der Waals surface area contributed by atoms with Crippen LogP contribution in [0.2, 0.25) is 0 Å². The predicted molar refractivity (Wildman–Crippen MR) is 107 cm³/mol. The van der Waals surface area contributed by atoms with E-state index in [9.17, 15) is 0 Å². The van der Waals surface area contributed by atoms with Crippen LogP contribution in [0, 0.1) is 0 Å². The summed E-state index contributed by atoms with van der Waals surface area (Å²) in [4.78, 5) is 13.8. The molecule has 27 heavy (non-hydrogen) atoms. The number of hydrogen-bond acceptors (Lipinski definition) is 6. The Kier molecular flexibility index (Phi) is 5.25. The van der Waals surface area contributed by atoms with Crippen LogP contribution in [0.4, 0.5) is 17.6 Å². The zero-order chi connectivity index (χ0) is 18.5. The summed E-state index contributed by atoms with van der Waals surface area (Å²) in [5.41, 5.74) is 1.88. The van der Waals surface area contributed by atoms with Crippen molar-refractivity contribution in [2.24, 2.45) is 0 Å². The van der Waals surface area contributed by atoms with Gasteiger partial charge in [-0.1, -0.05) is 48.5 Å². The van der Waals surface area contributed by atoms with E-state index in [1.165, 1.54) is 0 Å². The van der Waals surface area contributed by atoms with Gasteiger partial charge in [-0.3, -0.25) is 0 Å². The number of para-hydroxylation sites is 1. The first kappa shape index (κ1) is 17.4. The molecule has 3 aromatic rings. The fraction of sp³-hybridized carbons (Fsp3) is 0.286. The molecule has 0 spiro atoms. The number of nitrogens with zero attached hydrogens (tertiary/aromatic N) is 3. The van der Waals surface area contributed by atoms with Gasteiger partial charge in [-0.25, -0.2) is 0 Å². The molecule has 138 valence electrons. The Balaban J connectivity index is 1.63. The Morgan fingerprint density at radius 2 is 1.63 bits per heavy atom. The number of aromatic nitrogens is 3. The summed E-state index contributed by atoms with van der Waals surface area (Å²) in [6, 6.07) is 19.9. The highest BCUT2D eigenvalue weighted by Gasteiger charge is 2.23. The average Bonchev–Trinajstić information content (AvgIpc) is 3.24. The summed E-state index contributed by atoms with van der Waals surface area (Å²) in [6.45, 7) is 2.93. The molecule has 2 atom stereocenters. The van der Waals surface area contributed by atoms with Crippen LogP contribution >= 0.6 is 0 Å². The molecule has 0 bridgehead atoms. The van der Waals surface area contributed by atoms with E-state index in [0.717, 1.165) is 30.7 Å². The van der Waals surface area contributed by atoms with E-state index in [1.807, 2.05) is 60.7 Å². The maximum absolute atomic E-state index is 5.78. The van der Waals surface area contributed by atoms with E-state index in [-0.39, 0.29) is 12.1 Å². The number of hydrogen-bond donors (Lipinski definition) is 2. The highest BCUT2D eigenvalue weighted by atomic mass is 16.5. The monoisotopic (exact) mass is 361 g/mol. The Labute approximate surface area is 159 Å². The normalized spacial score (nSPS) is 17.4. The molecule has 0 saturated carbocycles. The van der Waals surface area contributed by atoms with Crippen LogP contribution in [0.15, 0.2) is 60.7 Å². The molecule has 1 saturated heterocycles. The topological polar surface area (TPSA) is 72.0 Å². The summed E-state index contributed by atoms with van der Waals surface area (Å²) in [7, 11) is 0. The zero-order valence-electron chi connectivity index (χ0n) is 15.3. The van der Waals surface area contributed by atoms with Gasteiger partial charge in [-0.2, -0.15) is 15.0 Å². The minimum atomic E-state index is 0.128. The first-order valence-electron chi connectivity index (χ1n) is 9.29. The molecule has 2 N–H and O–H groups in total. The molecule has 2 unspecified atom stereocenters. The molecule has 0 amide bonds. The molecule has 2 aromatic carbocycles. The second kappa shape index (κ2) is 8.14. The molecule has 0 aliphatic carbocycles. The molecule has 6 nitrogen and oxygen atoms in total. The van der Waals surface area contributed by atoms with Gasteiger partial charge in [-0.05, 0) is 31.9 Å². The van der Waals surface area contributed by atoms with E-state index < -0.39 is 0 Å². The Hall–Kier alpha value is -2.99. The van der Waals surface area contributed by atoms with Crippen LogP contribution in [0.25, 0.3) is 11.4 Å². The number of nitrogens with one attached hydrogen (secondary N) is 2. The first-order valence-corrected chi connectivity index (χ1v) is 9.29. The van der Waals surface area contributed by atoms with Gasteiger partial charge in [0.25, 0.3) is 0 Å². The van der Waals surface area contributed by atoms with Gasteiger partial charge in [0.1, 0.15) is 0 Å². The molecule has 1 aromatic heterocycles. The number of benzene rings is 2. The lowest BCUT2D eigenvalue weighted by Gasteiger charge is -2.20. The smallest absolute Gasteiger partial charge is 0.232 e. The second-order valence-electron chi connectivity index (χ2n) is 6.65. The number of anilines is 3. The molecule has 0 radical (unpaired) electrons. The van der Waals surface area contributed by atoms with Crippen LogP contribution < -0.4 is 10.6 Å². The van der Waals surface area contributed by atoms with Gasteiger partial charge in [-0.15, -0.1) is 0 Å². The van der Waals surface area contributed by atoms with Crippen LogP contribution in [-0.4, -0.2) is 33.7 Å². The Bertz CT molecular complexity index is 866. The van der Waals surface area contributed by atoms with E-state index >= 15 is 0 Å². The minimum Gasteiger partial charge on any atom is -0.376 e. The molecule has 1 fully saturated rings. The molecular weight excluding hydrogens is 338 g/mol. The first-order chi connectivity index (χ1) is 13.3. The fourth-order valence-electron chi connectivity index (χ4n) is 3.16. The van der Waals surface area contributed by atoms with Crippen molar-refractivity contribution in [3.63, 3.8) is 0 Å². The third-order valence-electron chi connectivity index (χ3n) is 4.58. The lowest BCUT2D eigenvalue weighted by atomic mass is 10.1. The predicted octanol–water partition coefficient (Wildman–Crippen LogP) is 4.26. The standard InChI is InChI=1S/C21H23N5O/c1-15(18-13-8-14-27-18)22-20-24-19(16-9-4-2-5-10-16)25-21(26-20)23-17-11-6-3-7-12-17/h2-7,9-12,15,18H,8,13-14H2,1H3,(H2,22,23,24,25,26). The van der Waals surface area contributed by atoms with Gasteiger partial charge in [0.15, 0.2) is 5.82 Å². The summed E-state index contributed by atoms with van der Waals surface area (Å²) in [5, 5.41) is 6.66. The van der Waals surface area contributed by atoms with Gasteiger partial charge >= 0.3 is 0 Å². The number of ether oxygens (including phenoxy) is 1. The van der Waals surface area contributed by atoms with E-state index in [2.05, 4.69) is 32.5 Å². The van der Waals surface area contributed by atoms with Crippen molar-refractivity contribution in [1.29, 1.82) is 0 Å². The van der Waals surface area contributed by atoms with Crippen molar-refractivity contribution in [1.82, 2.24) is 15.0 Å². The minimum absolute atomic E-state index is 0.128. The van der Waals surface area contributed by atoms with Crippen LogP contribution in [0.3, 0.4) is 0 Å². The van der Waals surface area contributed by atoms with Gasteiger partial charge < -0.3 is 15.4 Å². The molecule has 1 aliphatic rings. The van der Waals surface area contributed by atoms with Gasteiger partial charge in [0, 0.05) is 17.9 Å². The quantitative estimate of drug-likeness (QED) is 0.683. The third-order valence-corrected chi connectivity index (χ3v) is 4.58. The Morgan fingerprint density at radius 3 is 2.33 bits per heavy atom. The van der Waals surface area contributed by atoms with Gasteiger partial charge in [0.2, 0.25) is 11.9 Å². The molecule has 4 rings (SSSR count). The second-order valence-corrected chi connectivity index (χ2v) is 6.65. The Morgan fingerprint density at radius 1 is 0.926 bits per heavy atom. The fourth-order valence-corrected chi connectivity index (χ4v) is 3.16. The van der Waals surface area contributed by atoms with Crippen LogP contribution in [0.1, 0.15) is 19.8 Å². The SMILES string of the molecule is CC(Nc1nc(Nc2ccccc2)nc(-c2ccccc2)n1)C1CCCO1. The van der Waals surface area contributed by atoms with Crippen LogP contribution in [0.5, 0.6) is 0 Å². The molecular formula is C21H23N5O. The summed E-state index contributed by atoms with van der Waals surface area (Å²) in [5.74, 6) is 1.69. The van der Waals surface area contributed by atoms with Crippen molar-refractivity contribution in [3.05, 3.63) is 60.7 Å². The summed E-state index contributed by atoms with van der Waals surface area (Å²) < 4.78 is 5.78. The van der Waals surface area contributed by atoms with Crippen molar-refractivity contribution < 1.29 is 4.74 Å². The van der Waals surface area contributed by atoms with Crippen molar-refractivity contribution in [2.75, 3.05) is 17.2 Å². The summed E-state index contributed by atoms with van der Waals surface area (Å²) >= 11 is 0. The zero-order valence-corrected chi connectivity index (χ0v) is 15.3. The van der Waals surface area contributed by atoms with Crippen molar-refractivity contribution in [3.8, 4) is 11.4 Å². The van der Waals surface area contributed by atoms with E-state index in [4.69, 9.17) is 4.74 Å². The maximum atomic E-state index is 5.78. The third kappa shape index (κ3) is 4.41. The molecule has 2 heterocycles. The molecule has 1 aliphatic heterocycles. The van der Waals surface area contributed by atoms with Crippen molar-refractivity contribution >= 4 is 17.6 Å². The van der Waals surface area contributed by atoms with E-state index in [1.54, 1.807) is 0 Å². The van der Waals surface area contributed by atoms with Crippen molar-refractivity contribution in [2.45, 2.75) is 31.9 Å². The lowest BCUT2D eigenvalue weighted by Crippen LogP contribution is -2.31. The highest BCUT2D eigenvalue weighted by Crippen LogP contribution is 2.22. The maximum Gasteiger partial charge on any atom is 0.232 e. The highest BCUT2D eigenvalue weighted by molar-refractivity contribution is 5.60. The van der Waals surface area contributed by atoms with E-state index in [0.29, 0.717) is 17.7 Å². The summed E-state index contributed by atoms with van der Waals surface area (Å²) in [6.07, 6.45) is 2.34. The van der Waals surface area contributed by atoms with Gasteiger partial charge in [0.05, 0.1) is 12.1 Å².